The first-order chi connectivity index (χ1) is 9.99. The summed E-state index contributed by atoms with van der Waals surface area (Å²) in [7, 11) is 0. The lowest BCUT2D eigenvalue weighted by atomic mass is 9.98. The van der Waals surface area contributed by atoms with Crippen molar-refractivity contribution in [3.05, 3.63) is 67.6 Å². The predicted octanol–water partition coefficient (Wildman–Crippen LogP) is 6.19. The van der Waals surface area contributed by atoms with Crippen molar-refractivity contribution in [2.24, 2.45) is 0 Å². The van der Waals surface area contributed by atoms with Gasteiger partial charge in [0.15, 0.2) is 0 Å². The largest absolute Gasteiger partial charge is 0.310 e. The van der Waals surface area contributed by atoms with Crippen LogP contribution in [0.5, 0.6) is 0 Å². The van der Waals surface area contributed by atoms with Gasteiger partial charge in [-0.1, -0.05) is 53.3 Å². The molecule has 5 heteroatoms. The van der Waals surface area contributed by atoms with E-state index in [1.54, 1.807) is 12.1 Å². The fourth-order valence-corrected chi connectivity index (χ4v) is 3.18. The lowest BCUT2D eigenvalue weighted by Crippen LogP contribution is -2.23. The van der Waals surface area contributed by atoms with Gasteiger partial charge in [0.25, 0.3) is 0 Å². The van der Waals surface area contributed by atoms with Crippen LogP contribution in [0.25, 0.3) is 0 Å². The molecular weight excluding hydrogens is 348 g/mol. The quantitative estimate of drug-likeness (QED) is 0.668. The summed E-state index contributed by atoms with van der Waals surface area (Å²) < 4.78 is 0. The SMILES string of the molecule is CCNC(Cc1cc(Cl)ccc1Cl)c1cc(Cl)cc(Cl)c1. The van der Waals surface area contributed by atoms with E-state index in [0.29, 0.717) is 26.5 Å². The third-order valence-electron chi connectivity index (χ3n) is 3.17. The molecule has 0 saturated heterocycles. The fourth-order valence-electron chi connectivity index (χ4n) is 2.25. The molecule has 0 aromatic heterocycles. The number of halogens is 4. The zero-order chi connectivity index (χ0) is 15.4. The summed E-state index contributed by atoms with van der Waals surface area (Å²) in [5.74, 6) is 0. The zero-order valence-corrected chi connectivity index (χ0v) is 14.5. The molecule has 2 rings (SSSR count). The molecule has 0 saturated carbocycles. The summed E-state index contributed by atoms with van der Waals surface area (Å²) in [6, 6.07) is 11.1. The highest BCUT2D eigenvalue weighted by Crippen LogP contribution is 2.29. The molecule has 1 N–H and O–H groups in total. The van der Waals surface area contributed by atoms with Crippen LogP contribution < -0.4 is 5.32 Å². The van der Waals surface area contributed by atoms with Crippen LogP contribution in [0.4, 0.5) is 0 Å². The Kier molecular flexibility index (Phi) is 6.21. The fraction of sp³-hybridized carbons (Fsp3) is 0.250. The molecule has 0 aliphatic heterocycles. The van der Waals surface area contributed by atoms with Gasteiger partial charge in [0, 0.05) is 26.1 Å². The molecule has 0 aliphatic rings. The number of hydrogen-bond acceptors (Lipinski definition) is 1. The molecule has 1 nitrogen and oxygen atoms in total. The van der Waals surface area contributed by atoms with E-state index in [1.165, 1.54) is 0 Å². The second kappa shape index (κ2) is 7.71. The van der Waals surface area contributed by atoms with E-state index in [2.05, 4.69) is 12.2 Å². The Morgan fingerprint density at radius 2 is 1.57 bits per heavy atom. The highest BCUT2D eigenvalue weighted by atomic mass is 35.5. The normalized spacial score (nSPS) is 12.4. The summed E-state index contributed by atoms with van der Waals surface area (Å²) >= 11 is 24.5. The van der Waals surface area contributed by atoms with E-state index >= 15 is 0 Å². The van der Waals surface area contributed by atoms with Crippen LogP contribution in [0, 0.1) is 0 Å². The minimum Gasteiger partial charge on any atom is -0.310 e. The molecule has 0 fully saturated rings. The minimum absolute atomic E-state index is 0.0715. The van der Waals surface area contributed by atoms with E-state index in [4.69, 9.17) is 46.4 Å². The Hall–Kier alpha value is -0.440. The molecule has 0 amide bonds. The van der Waals surface area contributed by atoms with Crippen LogP contribution in [0.15, 0.2) is 36.4 Å². The third-order valence-corrected chi connectivity index (χ3v) is 4.21. The van der Waals surface area contributed by atoms with Crippen LogP contribution in [0.3, 0.4) is 0 Å². The van der Waals surface area contributed by atoms with Crippen molar-refractivity contribution < 1.29 is 0 Å². The molecule has 21 heavy (non-hydrogen) atoms. The summed E-state index contributed by atoms with van der Waals surface area (Å²) in [5, 5.41) is 6.05. The highest BCUT2D eigenvalue weighted by molar-refractivity contribution is 6.34. The van der Waals surface area contributed by atoms with E-state index in [0.717, 1.165) is 17.7 Å². The Morgan fingerprint density at radius 3 is 2.19 bits per heavy atom. The van der Waals surface area contributed by atoms with Gasteiger partial charge in [0.05, 0.1) is 0 Å². The predicted molar refractivity (Wildman–Crippen MR) is 93.0 cm³/mol. The van der Waals surface area contributed by atoms with Gasteiger partial charge in [-0.2, -0.15) is 0 Å². The van der Waals surface area contributed by atoms with Crippen molar-refractivity contribution in [3.8, 4) is 0 Å². The third kappa shape index (κ3) is 4.77. The summed E-state index contributed by atoms with van der Waals surface area (Å²) in [6.45, 7) is 2.88. The van der Waals surface area contributed by atoms with Crippen molar-refractivity contribution in [1.82, 2.24) is 5.32 Å². The molecule has 2 aromatic rings. The number of nitrogens with one attached hydrogen (secondary N) is 1. The van der Waals surface area contributed by atoms with Crippen molar-refractivity contribution >= 4 is 46.4 Å². The van der Waals surface area contributed by atoms with Gasteiger partial charge >= 0.3 is 0 Å². The Morgan fingerprint density at radius 1 is 0.905 bits per heavy atom. The molecule has 0 aliphatic carbocycles. The smallest absolute Gasteiger partial charge is 0.0439 e. The number of likely N-dealkylation sites (N-methyl/N-ethyl adjacent to an activating group) is 1. The first kappa shape index (κ1) is 16.9. The number of hydrogen-bond donors (Lipinski definition) is 1. The number of benzene rings is 2. The van der Waals surface area contributed by atoms with Crippen LogP contribution in [-0.2, 0) is 6.42 Å². The maximum Gasteiger partial charge on any atom is 0.0439 e. The molecule has 1 unspecified atom stereocenters. The highest BCUT2D eigenvalue weighted by Gasteiger charge is 2.15. The Bertz CT molecular complexity index is 607. The molecule has 1 atom stereocenters. The molecule has 0 heterocycles. The molecular formula is C16H15Cl4N. The van der Waals surface area contributed by atoms with Crippen molar-refractivity contribution in [3.63, 3.8) is 0 Å². The maximum atomic E-state index is 6.25. The zero-order valence-electron chi connectivity index (χ0n) is 11.5. The molecule has 0 radical (unpaired) electrons. The first-order valence-electron chi connectivity index (χ1n) is 6.63. The van der Waals surface area contributed by atoms with Crippen LogP contribution in [0.2, 0.25) is 20.1 Å². The Balaban J connectivity index is 2.32. The van der Waals surface area contributed by atoms with Gasteiger partial charge in [0.2, 0.25) is 0 Å². The molecule has 0 bridgehead atoms. The van der Waals surface area contributed by atoms with Gasteiger partial charge in [-0.25, -0.2) is 0 Å². The van der Waals surface area contributed by atoms with E-state index in [1.807, 2.05) is 24.3 Å². The second-order valence-corrected chi connectivity index (χ2v) is 6.47. The lowest BCUT2D eigenvalue weighted by molar-refractivity contribution is 0.550. The second-order valence-electron chi connectivity index (χ2n) is 4.75. The summed E-state index contributed by atoms with van der Waals surface area (Å²) in [4.78, 5) is 0. The van der Waals surface area contributed by atoms with Gasteiger partial charge in [-0.05, 0) is 60.5 Å². The van der Waals surface area contributed by atoms with Gasteiger partial charge in [0.1, 0.15) is 0 Å². The van der Waals surface area contributed by atoms with Gasteiger partial charge in [-0.3, -0.25) is 0 Å². The molecule has 0 spiro atoms. The number of rotatable bonds is 5. The average molecular weight is 363 g/mol. The summed E-state index contributed by atoms with van der Waals surface area (Å²) in [5.41, 5.74) is 2.02. The topological polar surface area (TPSA) is 12.0 Å². The standard InChI is InChI=1S/C16H15Cl4N/c1-2-21-16(11-6-13(18)9-14(19)7-11)8-10-5-12(17)3-4-15(10)20/h3-7,9,16,21H,2,8H2,1H3. The van der Waals surface area contributed by atoms with Gasteiger partial charge < -0.3 is 5.32 Å². The van der Waals surface area contributed by atoms with Crippen LogP contribution >= 0.6 is 46.4 Å². The summed E-state index contributed by atoms with van der Waals surface area (Å²) in [6.07, 6.45) is 0.712. The van der Waals surface area contributed by atoms with E-state index in [-0.39, 0.29) is 6.04 Å². The first-order valence-corrected chi connectivity index (χ1v) is 8.14. The maximum absolute atomic E-state index is 6.25. The molecule has 112 valence electrons. The van der Waals surface area contributed by atoms with Crippen LogP contribution in [-0.4, -0.2) is 6.54 Å². The van der Waals surface area contributed by atoms with Crippen molar-refractivity contribution in [2.45, 2.75) is 19.4 Å². The Labute approximate surface area is 145 Å². The average Bonchev–Trinajstić information content (AvgIpc) is 2.41. The minimum atomic E-state index is 0.0715. The van der Waals surface area contributed by atoms with E-state index < -0.39 is 0 Å². The molecule has 2 aromatic carbocycles. The van der Waals surface area contributed by atoms with Crippen molar-refractivity contribution in [2.75, 3.05) is 6.54 Å². The van der Waals surface area contributed by atoms with Crippen LogP contribution in [0.1, 0.15) is 24.1 Å². The lowest BCUT2D eigenvalue weighted by Gasteiger charge is -2.20. The van der Waals surface area contributed by atoms with Crippen molar-refractivity contribution in [1.29, 1.82) is 0 Å². The van der Waals surface area contributed by atoms with E-state index in [9.17, 15) is 0 Å². The monoisotopic (exact) mass is 361 g/mol. The van der Waals surface area contributed by atoms with Gasteiger partial charge in [-0.15, -0.1) is 0 Å².